The van der Waals surface area contributed by atoms with E-state index in [4.69, 9.17) is 4.99 Å². The van der Waals surface area contributed by atoms with Gasteiger partial charge in [-0.2, -0.15) is 0 Å². The molecule has 3 aliphatic heterocycles. The Morgan fingerprint density at radius 2 is 1.52 bits per heavy atom. The smallest absolute Gasteiger partial charge is 0.325 e. The Hall–Kier alpha value is -3.39. The number of urea groups is 1. The van der Waals surface area contributed by atoms with Crippen molar-refractivity contribution in [2.24, 2.45) is 4.99 Å². The first-order chi connectivity index (χ1) is 16.1. The highest BCUT2D eigenvalue weighted by Crippen LogP contribution is 2.31. The first-order valence-electron chi connectivity index (χ1n) is 11.6. The molecule has 2 saturated heterocycles. The number of rotatable bonds is 4. The molecule has 3 heterocycles. The fourth-order valence-corrected chi connectivity index (χ4v) is 5.18. The molecule has 3 amide bonds. The molecular formula is C25H30N6O2. The average molecular weight is 447 g/mol. The summed E-state index contributed by atoms with van der Waals surface area (Å²) in [5.74, 6) is 0.551. The minimum Gasteiger partial charge on any atom is -0.340 e. The molecule has 0 saturated carbocycles. The van der Waals surface area contributed by atoms with Gasteiger partial charge in [0.1, 0.15) is 0 Å². The zero-order chi connectivity index (χ0) is 22.9. The van der Waals surface area contributed by atoms with Crippen LogP contribution in [-0.4, -0.2) is 89.5 Å². The van der Waals surface area contributed by atoms with Crippen molar-refractivity contribution in [3.63, 3.8) is 0 Å². The summed E-state index contributed by atoms with van der Waals surface area (Å²) in [5, 5.41) is 2.45. The van der Waals surface area contributed by atoms with Crippen molar-refractivity contribution in [1.82, 2.24) is 24.9 Å². The SMILES string of the molecule is CCN1C(N2CCN(C(c3ccccc3)c3ccccc3)CC2)=NC2C1C(=O)NC(=O)N2C. The van der Waals surface area contributed by atoms with Crippen molar-refractivity contribution in [1.29, 1.82) is 0 Å². The molecule has 8 heteroatoms. The molecule has 2 fully saturated rings. The number of benzene rings is 2. The number of piperazine rings is 1. The normalized spacial score (nSPS) is 23.6. The van der Waals surface area contributed by atoms with Crippen LogP contribution < -0.4 is 5.32 Å². The number of likely N-dealkylation sites (N-methyl/N-ethyl adjacent to an activating group) is 2. The highest BCUT2D eigenvalue weighted by molar-refractivity contribution is 6.03. The molecular weight excluding hydrogens is 416 g/mol. The second-order valence-corrected chi connectivity index (χ2v) is 8.73. The summed E-state index contributed by atoms with van der Waals surface area (Å²) < 4.78 is 0. The molecule has 2 aromatic rings. The third-order valence-electron chi connectivity index (χ3n) is 6.87. The van der Waals surface area contributed by atoms with Crippen molar-refractivity contribution in [3.8, 4) is 0 Å². The third-order valence-corrected chi connectivity index (χ3v) is 6.87. The van der Waals surface area contributed by atoms with Crippen LogP contribution in [0.2, 0.25) is 0 Å². The van der Waals surface area contributed by atoms with Crippen LogP contribution in [0.15, 0.2) is 65.7 Å². The van der Waals surface area contributed by atoms with Crippen LogP contribution in [0.1, 0.15) is 24.1 Å². The molecule has 0 spiro atoms. The number of amides is 3. The van der Waals surface area contributed by atoms with E-state index in [1.54, 1.807) is 7.05 Å². The van der Waals surface area contributed by atoms with Crippen LogP contribution in [-0.2, 0) is 4.79 Å². The number of imide groups is 1. The molecule has 0 radical (unpaired) electrons. The van der Waals surface area contributed by atoms with Gasteiger partial charge in [0.15, 0.2) is 18.2 Å². The molecule has 8 nitrogen and oxygen atoms in total. The molecule has 3 aliphatic rings. The van der Waals surface area contributed by atoms with Crippen LogP contribution in [0, 0.1) is 0 Å². The highest BCUT2D eigenvalue weighted by atomic mass is 16.2. The lowest BCUT2D eigenvalue weighted by Crippen LogP contribution is -2.64. The largest absolute Gasteiger partial charge is 0.340 e. The molecule has 0 aliphatic carbocycles. The minimum atomic E-state index is -0.472. The van der Waals surface area contributed by atoms with E-state index in [1.165, 1.54) is 16.0 Å². The second-order valence-electron chi connectivity index (χ2n) is 8.73. The molecule has 0 bridgehead atoms. The standard InChI is InChI=1S/C25H30N6O2/c1-3-31-21-22(28(2)25(33)27-23(21)32)26-24(31)30-16-14-29(15-17-30)20(18-10-6-4-7-11-18)19-12-8-5-9-13-19/h4-13,20-22H,3,14-17H2,1-2H3,(H,27,32,33). The van der Waals surface area contributed by atoms with Gasteiger partial charge in [-0.1, -0.05) is 60.7 Å². The molecule has 1 N–H and O–H groups in total. The van der Waals surface area contributed by atoms with Gasteiger partial charge in [-0.25, -0.2) is 9.79 Å². The van der Waals surface area contributed by atoms with Gasteiger partial charge in [0, 0.05) is 39.8 Å². The number of aliphatic imine (C=N–C) groups is 1. The molecule has 2 aromatic carbocycles. The van der Waals surface area contributed by atoms with Crippen LogP contribution in [0.4, 0.5) is 4.79 Å². The first-order valence-corrected chi connectivity index (χ1v) is 11.6. The van der Waals surface area contributed by atoms with E-state index in [0.29, 0.717) is 6.54 Å². The van der Waals surface area contributed by atoms with Crippen molar-refractivity contribution in [3.05, 3.63) is 71.8 Å². The van der Waals surface area contributed by atoms with Crippen molar-refractivity contribution in [2.45, 2.75) is 25.2 Å². The van der Waals surface area contributed by atoms with Gasteiger partial charge in [-0.3, -0.25) is 15.0 Å². The Balaban J connectivity index is 1.36. The first kappa shape index (κ1) is 21.5. The Bertz CT molecular complexity index is 996. The van der Waals surface area contributed by atoms with E-state index in [1.807, 2.05) is 11.8 Å². The summed E-state index contributed by atoms with van der Waals surface area (Å²) in [4.78, 5) is 37.9. The van der Waals surface area contributed by atoms with Crippen LogP contribution in [0.3, 0.4) is 0 Å². The summed E-state index contributed by atoms with van der Waals surface area (Å²) >= 11 is 0. The van der Waals surface area contributed by atoms with Gasteiger partial charge in [0.05, 0.1) is 6.04 Å². The lowest BCUT2D eigenvalue weighted by Gasteiger charge is -2.42. The maximum absolute atomic E-state index is 12.6. The zero-order valence-electron chi connectivity index (χ0n) is 19.1. The monoisotopic (exact) mass is 446 g/mol. The van der Waals surface area contributed by atoms with E-state index in [9.17, 15) is 9.59 Å². The zero-order valence-corrected chi connectivity index (χ0v) is 19.1. The van der Waals surface area contributed by atoms with E-state index >= 15 is 0 Å². The van der Waals surface area contributed by atoms with Crippen molar-refractivity contribution in [2.75, 3.05) is 39.8 Å². The Labute approximate surface area is 194 Å². The Morgan fingerprint density at radius 3 is 2.06 bits per heavy atom. The highest BCUT2D eigenvalue weighted by Gasteiger charge is 2.49. The number of hydrogen-bond donors (Lipinski definition) is 1. The van der Waals surface area contributed by atoms with Crippen molar-refractivity contribution < 1.29 is 9.59 Å². The van der Waals surface area contributed by atoms with E-state index in [2.05, 4.69) is 75.8 Å². The molecule has 5 rings (SSSR count). The fraction of sp³-hybridized carbons (Fsp3) is 0.400. The number of nitrogens with zero attached hydrogens (tertiary/aromatic N) is 5. The Morgan fingerprint density at radius 1 is 0.939 bits per heavy atom. The van der Waals surface area contributed by atoms with Crippen LogP contribution in [0.25, 0.3) is 0 Å². The molecule has 2 unspecified atom stereocenters. The molecule has 172 valence electrons. The quantitative estimate of drug-likeness (QED) is 0.778. The number of carbonyl (C=O) groups is 2. The number of guanidine groups is 1. The Kier molecular flexibility index (Phi) is 5.76. The lowest BCUT2D eigenvalue weighted by molar-refractivity contribution is -0.127. The summed E-state index contributed by atoms with van der Waals surface area (Å²) in [6, 6.07) is 20.6. The van der Waals surface area contributed by atoms with Gasteiger partial charge in [-0.15, -0.1) is 0 Å². The van der Waals surface area contributed by atoms with E-state index in [0.717, 1.165) is 32.1 Å². The maximum Gasteiger partial charge on any atom is 0.325 e. The van der Waals surface area contributed by atoms with E-state index in [-0.39, 0.29) is 18.0 Å². The average Bonchev–Trinajstić information content (AvgIpc) is 3.25. The summed E-state index contributed by atoms with van der Waals surface area (Å²) in [6.07, 6.45) is -0.472. The van der Waals surface area contributed by atoms with Gasteiger partial charge < -0.3 is 14.7 Å². The predicted octanol–water partition coefficient (Wildman–Crippen LogP) is 1.96. The molecule has 0 aromatic heterocycles. The van der Waals surface area contributed by atoms with Gasteiger partial charge in [-0.05, 0) is 18.1 Å². The topological polar surface area (TPSA) is 71.5 Å². The number of hydrogen-bond acceptors (Lipinski definition) is 6. The van der Waals surface area contributed by atoms with E-state index < -0.39 is 12.2 Å². The van der Waals surface area contributed by atoms with Crippen LogP contribution in [0.5, 0.6) is 0 Å². The molecule has 2 atom stereocenters. The minimum absolute atomic E-state index is 0.194. The summed E-state index contributed by atoms with van der Waals surface area (Å²) in [5.41, 5.74) is 2.57. The lowest BCUT2D eigenvalue weighted by atomic mass is 9.96. The number of carbonyl (C=O) groups excluding carboxylic acids is 2. The van der Waals surface area contributed by atoms with Gasteiger partial charge in [0.25, 0.3) is 5.91 Å². The summed E-state index contributed by atoms with van der Waals surface area (Å²) in [6.45, 7) is 6.06. The second kappa shape index (κ2) is 8.86. The van der Waals surface area contributed by atoms with Gasteiger partial charge in [0.2, 0.25) is 0 Å². The predicted molar refractivity (Wildman–Crippen MR) is 127 cm³/mol. The number of fused-ring (bicyclic) bond motifs is 1. The van der Waals surface area contributed by atoms with Gasteiger partial charge >= 0.3 is 6.03 Å². The molecule has 33 heavy (non-hydrogen) atoms. The van der Waals surface area contributed by atoms with Crippen molar-refractivity contribution >= 4 is 17.9 Å². The fourth-order valence-electron chi connectivity index (χ4n) is 5.18. The summed E-state index contributed by atoms with van der Waals surface area (Å²) in [7, 11) is 1.70. The number of nitrogens with one attached hydrogen (secondary N) is 1. The van der Waals surface area contributed by atoms with Crippen LogP contribution >= 0.6 is 0 Å². The third kappa shape index (κ3) is 3.84. The maximum atomic E-state index is 12.6.